The second-order valence-corrected chi connectivity index (χ2v) is 14.4. The third kappa shape index (κ3) is 3.59. The topological polar surface area (TPSA) is 36.9 Å². The quantitative estimate of drug-likeness (QED) is 0.403. The van der Waals surface area contributed by atoms with Crippen LogP contribution in [0.4, 0.5) is 0 Å². The van der Waals surface area contributed by atoms with Gasteiger partial charge in [-0.05, 0) is 49.0 Å². The average molecular weight is 395 g/mol. The van der Waals surface area contributed by atoms with Gasteiger partial charge in [-0.3, -0.25) is 0 Å². The summed E-state index contributed by atoms with van der Waals surface area (Å²) in [7, 11) is -1.93. The zero-order chi connectivity index (χ0) is 20.7. The first-order valence-corrected chi connectivity index (χ1v) is 13.0. The molecule has 0 radical (unpaired) electrons. The third-order valence-corrected chi connectivity index (χ3v) is 10.6. The first kappa shape index (κ1) is 22.4. The predicted octanol–water partition coefficient (Wildman–Crippen LogP) is 6.27. The zero-order valence-electron chi connectivity index (χ0n) is 18.8. The van der Waals surface area contributed by atoms with Crippen LogP contribution in [-0.4, -0.2) is 20.5 Å². The van der Waals surface area contributed by atoms with Crippen molar-refractivity contribution in [3.8, 4) is 5.75 Å². The zero-order valence-corrected chi connectivity index (χ0v) is 19.8. The molecule has 0 saturated carbocycles. The van der Waals surface area contributed by atoms with Crippen molar-refractivity contribution < 1.29 is 18.9 Å². The highest BCUT2D eigenvalue weighted by Gasteiger charge is 2.69. The van der Waals surface area contributed by atoms with Crippen LogP contribution in [0.15, 0.2) is 24.3 Å². The van der Waals surface area contributed by atoms with Gasteiger partial charge >= 0.3 is 0 Å². The first-order valence-electron chi connectivity index (χ1n) is 10.1. The molecular weight excluding hydrogens is 356 g/mol. The lowest BCUT2D eigenvalue weighted by molar-refractivity contribution is -0.637. The molecular formula is C22H38O4Si. The van der Waals surface area contributed by atoms with Crippen LogP contribution < -0.4 is 4.43 Å². The molecule has 1 fully saturated rings. The summed E-state index contributed by atoms with van der Waals surface area (Å²) in [6.07, 6.45) is 0. The molecule has 1 aromatic rings. The summed E-state index contributed by atoms with van der Waals surface area (Å²) in [5, 5.41) is 0.135. The molecule has 4 nitrogen and oxygen atoms in total. The summed E-state index contributed by atoms with van der Waals surface area (Å²) in [6.45, 7) is 22.4. The normalized spacial score (nSPS) is 22.8. The molecule has 1 aliphatic heterocycles. The largest absolute Gasteiger partial charge is 0.543 e. The number of ether oxygens (including phenoxy) is 1. The Balaban J connectivity index is 2.49. The van der Waals surface area contributed by atoms with Crippen LogP contribution >= 0.6 is 0 Å². The summed E-state index contributed by atoms with van der Waals surface area (Å²) in [4.78, 5) is 11.6. The molecule has 1 aliphatic rings. The van der Waals surface area contributed by atoms with Gasteiger partial charge in [-0.2, -0.15) is 4.89 Å². The number of rotatable bonds is 7. The highest BCUT2D eigenvalue weighted by atomic mass is 28.4. The molecule has 1 aromatic carbocycles. The van der Waals surface area contributed by atoms with E-state index in [9.17, 15) is 0 Å². The Bertz CT molecular complexity index is 640. The highest BCUT2D eigenvalue weighted by molar-refractivity contribution is 6.74. The van der Waals surface area contributed by atoms with Crippen molar-refractivity contribution in [1.82, 2.24) is 0 Å². The number of hydrogen-bond acceptors (Lipinski definition) is 4. The third-order valence-electron chi connectivity index (χ3n) is 6.27. The van der Waals surface area contributed by atoms with Crippen LogP contribution in [0.3, 0.4) is 0 Å². The van der Waals surface area contributed by atoms with Crippen molar-refractivity contribution in [1.29, 1.82) is 0 Å². The Morgan fingerprint density at radius 2 is 1.63 bits per heavy atom. The van der Waals surface area contributed by atoms with E-state index in [4.69, 9.17) is 18.9 Å². The second-order valence-electron chi connectivity index (χ2n) is 9.71. The van der Waals surface area contributed by atoms with E-state index in [1.54, 1.807) is 0 Å². The summed E-state index contributed by atoms with van der Waals surface area (Å²) in [5.74, 6) is 0.400. The van der Waals surface area contributed by atoms with E-state index < -0.39 is 19.7 Å². The monoisotopic (exact) mass is 394 g/mol. The average Bonchev–Trinajstić information content (AvgIpc) is 2.49. The van der Waals surface area contributed by atoms with Crippen LogP contribution in [-0.2, 0) is 20.3 Å². The number of hydrogen-bond donors (Lipinski definition) is 0. The maximum Gasteiger partial charge on any atom is 0.260 e. The molecule has 5 heteroatoms. The SMILES string of the molecule is CCOC1(c2cccc(O[Si](C)(C)C(C)(C)C)c2)OOC1(C(C)C)C(C)C. The van der Waals surface area contributed by atoms with Crippen molar-refractivity contribution in [2.24, 2.45) is 11.8 Å². The summed E-state index contributed by atoms with van der Waals surface area (Å²) < 4.78 is 12.8. The molecule has 0 aliphatic carbocycles. The molecule has 0 spiro atoms. The Morgan fingerprint density at radius 1 is 1.04 bits per heavy atom. The van der Waals surface area contributed by atoms with Gasteiger partial charge in [-0.15, -0.1) is 0 Å². The minimum atomic E-state index is -1.93. The van der Waals surface area contributed by atoms with Crippen molar-refractivity contribution in [2.75, 3.05) is 6.61 Å². The van der Waals surface area contributed by atoms with Gasteiger partial charge in [0.2, 0.25) is 8.32 Å². The van der Waals surface area contributed by atoms with Crippen molar-refractivity contribution >= 4 is 8.32 Å². The molecule has 0 N–H and O–H groups in total. The molecule has 0 bridgehead atoms. The Morgan fingerprint density at radius 3 is 2.04 bits per heavy atom. The van der Waals surface area contributed by atoms with E-state index in [2.05, 4.69) is 73.7 Å². The fourth-order valence-electron chi connectivity index (χ4n) is 3.74. The summed E-state index contributed by atoms with van der Waals surface area (Å²) in [6, 6.07) is 8.16. The van der Waals surface area contributed by atoms with Gasteiger partial charge in [-0.25, -0.2) is 4.89 Å². The maximum atomic E-state index is 6.52. The van der Waals surface area contributed by atoms with Crippen LogP contribution in [0.1, 0.15) is 61.0 Å². The number of benzene rings is 1. The Kier molecular flexibility index (Phi) is 6.23. The van der Waals surface area contributed by atoms with Crippen LogP contribution in [0.2, 0.25) is 18.1 Å². The first-order chi connectivity index (χ1) is 12.3. The molecule has 0 aromatic heterocycles. The van der Waals surface area contributed by atoms with Crippen molar-refractivity contribution in [3.63, 3.8) is 0 Å². The lowest BCUT2D eigenvalue weighted by Gasteiger charge is -2.59. The van der Waals surface area contributed by atoms with E-state index >= 15 is 0 Å². The lowest BCUT2D eigenvalue weighted by atomic mass is 9.70. The smallest absolute Gasteiger partial charge is 0.260 e. The molecule has 154 valence electrons. The molecule has 1 heterocycles. The van der Waals surface area contributed by atoms with E-state index in [-0.39, 0.29) is 16.9 Å². The second kappa shape index (κ2) is 7.51. The van der Waals surface area contributed by atoms with Gasteiger partial charge in [0.15, 0.2) is 5.60 Å². The lowest BCUT2D eigenvalue weighted by Crippen LogP contribution is -2.71. The maximum absolute atomic E-state index is 6.52. The minimum Gasteiger partial charge on any atom is -0.543 e. The molecule has 2 rings (SSSR count). The molecule has 1 unspecified atom stereocenters. The molecule has 27 heavy (non-hydrogen) atoms. The van der Waals surface area contributed by atoms with E-state index in [0.29, 0.717) is 6.61 Å². The van der Waals surface area contributed by atoms with Gasteiger partial charge < -0.3 is 9.16 Å². The van der Waals surface area contributed by atoms with E-state index in [1.165, 1.54) is 0 Å². The summed E-state index contributed by atoms with van der Waals surface area (Å²) in [5.41, 5.74) is 0.410. The van der Waals surface area contributed by atoms with Crippen molar-refractivity contribution in [3.05, 3.63) is 29.8 Å². The fraction of sp³-hybridized carbons (Fsp3) is 0.727. The standard InChI is InChI=1S/C22H38O4Si/c1-11-23-22(21(16(2)3,17(4)5)25-26-22)18-13-12-14-19(15-18)24-27(9,10)20(6,7)8/h12-17H,11H2,1-10H3. The van der Waals surface area contributed by atoms with E-state index in [0.717, 1.165) is 11.3 Å². The van der Waals surface area contributed by atoms with Gasteiger partial charge in [0.25, 0.3) is 5.79 Å². The van der Waals surface area contributed by atoms with Gasteiger partial charge in [-0.1, -0.05) is 60.6 Å². The van der Waals surface area contributed by atoms with Crippen molar-refractivity contribution in [2.45, 2.75) is 84.9 Å². The minimum absolute atomic E-state index is 0.135. The molecule has 0 amide bonds. The molecule has 1 saturated heterocycles. The van der Waals surface area contributed by atoms with Gasteiger partial charge in [0.05, 0.1) is 0 Å². The van der Waals surface area contributed by atoms with E-state index in [1.807, 2.05) is 19.1 Å². The summed E-state index contributed by atoms with van der Waals surface area (Å²) >= 11 is 0. The molecule has 1 atom stereocenters. The van der Waals surface area contributed by atoms with Gasteiger partial charge in [0.1, 0.15) is 5.75 Å². The predicted molar refractivity (Wildman–Crippen MR) is 112 cm³/mol. The van der Waals surface area contributed by atoms with Crippen LogP contribution in [0.25, 0.3) is 0 Å². The Hall–Kier alpha value is -0.883. The highest BCUT2D eigenvalue weighted by Crippen LogP contribution is 2.57. The van der Waals surface area contributed by atoms with Gasteiger partial charge in [0, 0.05) is 12.2 Å². The fourth-order valence-corrected chi connectivity index (χ4v) is 4.76. The Labute approximate surface area is 166 Å². The van der Waals surface area contributed by atoms with Crippen LogP contribution in [0, 0.1) is 11.8 Å². The van der Waals surface area contributed by atoms with Crippen LogP contribution in [0.5, 0.6) is 5.75 Å².